The van der Waals surface area contributed by atoms with Gasteiger partial charge in [-0.2, -0.15) is 0 Å². The molecule has 0 spiro atoms. The highest BCUT2D eigenvalue weighted by atomic mass is 16.3. The van der Waals surface area contributed by atoms with E-state index in [9.17, 15) is 5.11 Å². The highest BCUT2D eigenvalue weighted by Gasteiger charge is 2.24. The summed E-state index contributed by atoms with van der Waals surface area (Å²) in [7, 11) is 0. The van der Waals surface area contributed by atoms with Gasteiger partial charge in [0.25, 0.3) is 0 Å². The van der Waals surface area contributed by atoms with Gasteiger partial charge < -0.3 is 15.3 Å². The molecule has 106 valence electrons. The topological polar surface area (TPSA) is 48.4 Å². The quantitative estimate of drug-likeness (QED) is 0.869. The minimum atomic E-state index is -0.238. The first-order valence-corrected chi connectivity index (χ1v) is 7.17. The third-order valence-electron chi connectivity index (χ3n) is 3.77. The molecule has 1 aliphatic rings. The van der Waals surface area contributed by atoms with Crippen LogP contribution in [0.25, 0.3) is 0 Å². The molecule has 2 atom stereocenters. The molecule has 1 saturated heterocycles. The summed E-state index contributed by atoms with van der Waals surface area (Å²) in [4.78, 5) is 6.69. The second-order valence-electron chi connectivity index (χ2n) is 5.84. The first-order valence-electron chi connectivity index (χ1n) is 7.17. The minimum absolute atomic E-state index is 0.238. The van der Waals surface area contributed by atoms with Crippen LogP contribution in [0, 0.1) is 5.92 Å². The van der Waals surface area contributed by atoms with E-state index in [0.717, 1.165) is 25.3 Å². The van der Waals surface area contributed by atoms with Crippen LogP contribution in [0.1, 0.15) is 32.8 Å². The van der Waals surface area contributed by atoms with Crippen molar-refractivity contribution in [1.82, 2.24) is 10.3 Å². The lowest BCUT2D eigenvalue weighted by Crippen LogP contribution is -2.43. The van der Waals surface area contributed by atoms with Gasteiger partial charge in [0.1, 0.15) is 5.82 Å². The summed E-state index contributed by atoms with van der Waals surface area (Å²) in [5.41, 5.74) is 1.20. The van der Waals surface area contributed by atoms with E-state index in [0.29, 0.717) is 18.5 Å². The van der Waals surface area contributed by atoms with Crippen molar-refractivity contribution in [3.63, 3.8) is 0 Å². The fourth-order valence-electron chi connectivity index (χ4n) is 2.29. The highest BCUT2D eigenvalue weighted by Crippen LogP contribution is 2.21. The molecule has 0 radical (unpaired) electrons. The maximum atomic E-state index is 9.93. The minimum Gasteiger partial charge on any atom is -0.391 e. The Morgan fingerprint density at radius 1 is 1.47 bits per heavy atom. The van der Waals surface area contributed by atoms with E-state index in [4.69, 9.17) is 0 Å². The lowest BCUT2D eigenvalue weighted by Gasteiger charge is -2.35. The van der Waals surface area contributed by atoms with Crippen molar-refractivity contribution in [2.45, 2.75) is 45.9 Å². The van der Waals surface area contributed by atoms with E-state index < -0.39 is 0 Å². The molecule has 2 rings (SSSR count). The van der Waals surface area contributed by atoms with Crippen LogP contribution < -0.4 is 10.2 Å². The summed E-state index contributed by atoms with van der Waals surface area (Å²) in [5.74, 6) is 1.37. The number of aromatic nitrogens is 1. The standard InChI is InChI=1S/C15H25N3O/c1-11(2)16-8-13-4-5-15(17-9-13)18-7-6-12(3)14(19)10-18/h4-5,9,11-12,14,16,19H,6-8,10H2,1-3H3. The van der Waals surface area contributed by atoms with Gasteiger partial charge in [0.05, 0.1) is 6.10 Å². The first kappa shape index (κ1) is 14.3. The molecular weight excluding hydrogens is 238 g/mol. The number of anilines is 1. The van der Waals surface area contributed by atoms with Crippen molar-refractivity contribution in [3.8, 4) is 0 Å². The lowest BCUT2D eigenvalue weighted by molar-refractivity contribution is 0.102. The molecule has 2 unspecified atom stereocenters. The van der Waals surface area contributed by atoms with Crippen LogP contribution in [0.3, 0.4) is 0 Å². The largest absolute Gasteiger partial charge is 0.391 e. The number of β-amino-alcohol motifs (C(OH)–C–C–N with tert-alkyl or cyclic N) is 1. The van der Waals surface area contributed by atoms with Gasteiger partial charge in [0.2, 0.25) is 0 Å². The molecule has 2 heterocycles. The number of rotatable bonds is 4. The summed E-state index contributed by atoms with van der Waals surface area (Å²) in [5, 5.41) is 13.3. The van der Waals surface area contributed by atoms with Crippen LogP contribution in [0.2, 0.25) is 0 Å². The highest BCUT2D eigenvalue weighted by molar-refractivity contribution is 5.40. The van der Waals surface area contributed by atoms with E-state index in [-0.39, 0.29) is 6.10 Å². The van der Waals surface area contributed by atoms with E-state index in [1.807, 2.05) is 6.20 Å². The van der Waals surface area contributed by atoms with Crippen molar-refractivity contribution in [1.29, 1.82) is 0 Å². The van der Waals surface area contributed by atoms with Crippen LogP contribution in [0.15, 0.2) is 18.3 Å². The average Bonchev–Trinajstić information content (AvgIpc) is 2.40. The van der Waals surface area contributed by atoms with Crippen molar-refractivity contribution >= 4 is 5.82 Å². The monoisotopic (exact) mass is 263 g/mol. The molecule has 2 N–H and O–H groups in total. The molecule has 4 heteroatoms. The zero-order valence-electron chi connectivity index (χ0n) is 12.1. The van der Waals surface area contributed by atoms with Crippen molar-refractivity contribution in [3.05, 3.63) is 23.9 Å². The summed E-state index contributed by atoms with van der Waals surface area (Å²) in [6.07, 6.45) is 2.71. The average molecular weight is 263 g/mol. The number of nitrogens with one attached hydrogen (secondary N) is 1. The predicted octanol–water partition coefficient (Wildman–Crippen LogP) is 1.79. The molecule has 1 aromatic rings. The molecule has 0 amide bonds. The normalized spacial score (nSPS) is 23.9. The van der Waals surface area contributed by atoms with Gasteiger partial charge in [-0.05, 0) is 24.0 Å². The molecule has 19 heavy (non-hydrogen) atoms. The van der Waals surface area contributed by atoms with Gasteiger partial charge in [0, 0.05) is 31.9 Å². The SMILES string of the molecule is CC(C)NCc1ccc(N2CCC(C)C(O)C2)nc1. The summed E-state index contributed by atoms with van der Waals surface area (Å²) in [6.45, 7) is 8.91. The Morgan fingerprint density at radius 3 is 2.84 bits per heavy atom. The number of hydrogen-bond donors (Lipinski definition) is 2. The third kappa shape index (κ3) is 3.91. The Morgan fingerprint density at radius 2 is 2.26 bits per heavy atom. The zero-order chi connectivity index (χ0) is 13.8. The fourth-order valence-corrected chi connectivity index (χ4v) is 2.29. The maximum Gasteiger partial charge on any atom is 0.128 e. The number of pyridine rings is 1. The number of hydrogen-bond acceptors (Lipinski definition) is 4. The Kier molecular flexibility index (Phi) is 4.77. The molecular formula is C15H25N3O. The summed E-state index contributed by atoms with van der Waals surface area (Å²) < 4.78 is 0. The predicted molar refractivity (Wildman–Crippen MR) is 78.2 cm³/mol. The summed E-state index contributed by atoms with van der Waals surface area (Å²) in [6, 6.07) is 4.65. The van der Waals surface area contributed by atoms with Crippen LogP contribution in [-0.2, 0) is 6.54 Å². The van der Waals surface area contributed by atoms with Gasteiger partial charge >= 0.3 is 0 Å². The Labute approximate surface area is 115 Å². The van der Waals surface area contributed by atoms with Gasteiger partial charge in [-0.25, -0.2) is 4.98 Å². The maximum absolute atomic E-state index is 9.93. The molecule has 0 bridgehead atoms. The van der Waals surface area contributed by atoms with Crippen LogP contribution in [0.4, 0.5) is 5.82 Å². The molecule has 0 saturated carbocycles. The second-order valence-corrected chi connectivity index (χ2v) is 5.84. The van der Waals surface area contributed by atoms with E-state index in [1.165, 1.54) is 5.56 Å². The first-order chi connectivity index (χ1) is 9.06. The van der Waals surface area contributed by atoms with Gasteiger partial charge in [0.15, 0.2) is 0 Å². The second kappa shape index (κ2) is 6.35. The number of aliphatic hydroxyl groups is 1. The molecule has 1 fully saturated rings. The lowest BCUT2D eigenvalue weighted by atomic mass is 9.96. The van der Waals surface area contributed by atoms with Gasteiger partial charge in [-0.1, -0.05) is 26.8 Å². The van der Waals surface area contributed by atoms with Gasteiger partial charge in [-0.15, -0.1) is 0 Å². The number of aliphatic hydroxyl groups excluding tert-OH is 1. The molecule has 0 aliphatic carbocycles. The smallest absolute Gasteiger partial charge is 0.128 e. The fraction of sp³-hybridized carbons (Fsp3) is 0.667. The van der Waals surface area contributed by atoms with Crippen molar-refractivity contribution in [2.24, 2.45) is 5.92 Å². The molecule has 0 aromatic carbocycles. The van der Waals surface area contributed by atoms with E-state index in [1.54, 1.807) is 0 Å². The Balaban J connectivity index is 1.94. The summed E-state index contributed by atoms with van der Waals surface area (Å²) >= 11 is 0. The van der Waals surface area contributed by atoms with Crippen molar-refractivity contribution in [2.75, 3.05) is 18.0 Å². The third-order valence-corrected chi connectivity index (χ3v) is 3.77. The Bertz CT molecular complexity index is 391. The molecule has 4 nitrogen and oxygen atoms in total. The number of piperidine rings is 1. The van der Waals surface area contributed by atoms with Crippen LogP contribution >= 0.6 is 0 Å². The van der Waals surface area contributed by atoms with E-state index >= 15 is 0 Å². The number of nitrogens with zero attached hydrogens (tertiary/aromatic N) is 2. The Hall–Kier alpha value is -1.13. The molecule has 1 aromatic heterocycles. The van der Waals surface area contributed by atoms with Crippen LogP contribution in [0.5, 0.6) is 0 Å². The molecule has 1 aliphatic heterocycles. The van der Waals surface area contributed by atoms with Crippen LogP contribution in [-0.4, -0.2) is 35.3 Å². The zero-order valence-corrected chi connectivity index (χ0v) is 12.1. The van der Waals surface area contributed by atoms with E-state index in [2.05, 4.69) is 48.1 Å². The van der Waals surface area contributed by atoms with Crippen molar-refractivity contribution < 1.29 is 5.11 Å². The van der Waals surface area contributed by atoms with Gasteiger partial charge in [-0.3, -0.25) is 0 Å².